The van der Waals surface area contributed by atoms with Gasteiger partial charge in [-0.15, -0.1) is 0 Å². The maximum Gasteiger partial charge on any atom is 0.416 e. The van der Waals surface area contributed by atoms with E-state index in [1.807, 2.05) is 0 Å². The second kappa shape index (κ2) is 9.80. The predicted octanol–water partition coefficient (Wildman–Crippen LogP) is 6.27. The van der Waals surface area contributed by atoms with E-state index in [1.54, 1.807) is 0 Å². The SMILES string of the molecule is O=S(=O)(Oc1c(F)c(F)c(F)c(F)c1F)c1ccc2c(c1)OCCC2c1ccc(C(F)(F)F)cc1-n1cccn1. The Morgan fingerprint density at radius 1 is 0.900 bits per heavy atom. The first-order valence-electron chi connectivity index (χ1n) is 11.2. The number of benzene rings is 3. The molecule has 0 aliphatic carbocycles. The van der Waals surface area contributed by atoms with Crippen LogP contribution in [-0.2, 0) is 16.3 Å². The van der Waals surface area contributed by atoms with Crippen molar-refractivity contribution in [2.24, 2.45) is 0 Å². The van der Waals surface area contributed by atoms with Crippen molar-refractivity contribution in [3.63, 3.8) is 0 Å². The maximum atomic E-state index is 14.0. The molecule has 2 heterocycles. The summed E-state index contributed by atoms with van der Waals surface area (Å²) >= 11 is 0. The lowest BCUT2D eigenvalue weighted by Crippen LogP contribution is -2.19. The first kappa shape index (κ1) is 27.4. The zero-order valence-electron chi connectivity index (χ0n) is 19.6. The Hall–Kier alpha value is -4.14. The van der Waals surface area contributed by atoms with Crippen LogP contribution in [0.15, 0.2) is 59.8 Å². The Morgan fingerprint density at radius 2 is 1.55 bits per heavy atom. The minimum absolute atomic E-state index is 0.000759. The number of alkyl halides is 3. The number of ether oxygens (including phenoxy) is 1. The topological polar surface area (TPSA) is 70.4 Å². The zero-order chi connectivity index (χ0) is 29.0. The highest BCUT2D eigenvalue weighted by atomic mass is 32.2. The molecule has 6 nitrogen and oxygen atoms in total. The third kappa shape index (κ3) is 4.74. The molecule has 0 radical (unpaired) electrons. The Morgan fingerprint density at radius 3 is 2.17 bits per heavy atom. The lowest BCUT2D eigenvalue weighted by atomic mass is 9.85. The van der Waals surface area contributed by atoms with Gasteiger partial charge in [0.05, 0.1) is 17.9 Å². The maximum absolute atomic E-state index is 14.0. The number of aromatic nitrogens is 2. The van der Waals surface area contributed by atoms with Crippen LogP contribution in [0.4, 0.5) is 35.1 Å². The van der Waals surface area contributed by atoms with Crippen LogP contribution >= 0.6 is 0 Å². The molecule has 0 saturated carbocycles. The second-order valence-corrected chi connectivity index (χ2v) is 10.1. The first-order valence-corrected chi connectivity index (χ1v) is 12.6. The molecule has 4 aromatic rings. The molecule has 15 heteroatoms. The third-order valence-corrected chi connectivity index (χ3v) is 7.38. The van der Waals surface area contributed by atoms with Crippen molar-refractivity contribution < 1.29 is 52.5 Å². The number of rotatable bonds is 5. The number of halogens is 8. The number of hydrogen-bond acceptors (Lipinski definition) is 5. The van der Waals surface area contributed by atoms with E-state index in [4.69, 9.17) is 4.74 Å². The van der Waals surface area contributed by atoms with E-state index in [0.717, 1.165) is 24.3 Å². The molecular formula is C25H14F8N2O4S. The monoisotopic (exact) mass is 590 g/mol. The van der Waals surface area contributed by atoms with Crippen LogP contribution in [0.5, 0.6) is 11.5 Å². The van der Waals surface area contributed by atoms with Gasteiger partial charge in [0.25, 0.3) is 0 Å². The molecule has 0 N–H and O–H groups in total. The molecule has 0 spiro atoms. The van der Waals surface area contributed by atoms with Gasteiger partial charge in [0, 0.05) is 29.9 Å². The van der Waals surface area contributed by atoms with Crippen LogP contribution in [0.3, 0.4) is 0 Å². The molecule has 0 amide bonds. The van der Waals surface area contributed by atoms with Crippen LogP contribution in [-0.4, -0.2) is 24.8 Å². The van der Waals surface area contributed by atoms with Crippen LogP contribution < -0.4 is 8.92 Å². The fraction of sp³-hybridized carbons (Fsp3) is 0.160. The van der Waals surface area contributed by atoms with Crippen LogP contribution in [0, 0.1) is 29.1 Å². The van der Waals surface area contributed by atoms with Gasteiger partial charge in [-0.2, -0.15) is 35.5 Å². The van der Waals surface area contributed by atoms with Crippen molar-refractivity contribution in [2.45, 2.75) is 23.4 Å². The van der Waals surface area contributed by atoms with E-state index < -0.39 is 67.5 Å². The van der Waals surface area contributed by atoms with E-state index in [1.165, 1.54) is 35.3 Å². The van der Waals surface area contributed by atoms with E-state index >= 15 is 0 Å². The van der Waals surface area contributed by atoms with Gasteiger partial charge in [0.15, 0.2) is 0 Å². The molecule has 0 saturated heterocycles. The summed E-state index contributed by atoms with van der Waals surface area (Å²) in [6.45, 7) is -0.000759. The summed E-state index contributed by atoms with van der Waals surface area (Å²) in [7, 11) is -5.14. The number of hydrogen-bond donors (Lipinski definition) is 0. The Labute approximate surface area is 220 Å². The molecule has 1 aromatic heterocycles. The average Bonchev–Trinajstić information content (AvgIpc) is 3.47. The smallest absolute Gasteiger partial charge is 0.416 e. The van der Waals surface area contributed by atoms with E-state index in [9.17, 15) is 43.5 Å². The summed E-state index contributed by atoms with van der Waals surface area (Å²) in [6.07, 6.45) is -1.53. The van der Waals surface area contributed by atoms with Gasteiger partial charge in [-0.25, -0.2) is 17.9 Å². The highest BCUT2D eigenvalue weighted by Crippen LogP contribution is 2.43. The van der Waals surface area contributed by atoms with Crippen molar-refractivity contribution in [1.29, 1.82) is 0 Å². The predicted molar refractivity (Wildman–Crippen MR) is 121 cm³/mol. The molecule has 1 atom stereocenters. The van der Waals surface area contributed by atoms with Crippen LogP contribution in [0.25, 0.3) is 5.69 Å². The molecule has 0 fully saturated rings. The van der Waals surface area contributed by atoms with Crippen molar-refractivity contribution in [3.8, 4) is 17.2 Å². The van der Waals surface area contributed by atoms with Gasteiger partial charge in [0.1, 0.15) is 10.6 Å². The standard InChI is InChI=1S/C25H14F8N2O4S/c26-19-20(27)22(29)24(23(30)21(19)28)39-40(36,37)13-3-5-16-14(6-9-38-18(16)11-13)15-4-2-12(25(31,32)33)10-17(15)35-8-1-7-34-35/h1-5,7-8,10-11,14H,6,9H2. The van der Waals surface area contributed by atoms with Crippen molar-refractivity contribution >= 4 is 10.1 Å². The van der Waals surface area contributed by atoms with E-state index in [2.05, 4.69) is 9.28 Å². The summed E-state index contributed by atoms with van der Waals surface area (Å²) in [5, 5.41) is 4.02. The largest absolute Gasteiger partial charge is 0.493 e. The molecule has 1 aliphatic rings. The van der Waals surface area contributed by atoms with E-state index in [-0.39, 0.29) is 24.5 Å². The van der Waals surface area contributed by atoms with Crippen LogP contribution in [0.2, 0.25) is 0 Å². The molecular weight excluding hydrogens is 576 g/mol. The highest BCUT2D eigenvalue weighted by molar-refractivity contribution is 7.87. The quantitative estimate of drug-likeness (QED) is 0.119. The van der Waals surface area contributed by atoms with Gasteiger partial charge in [-0.3, -0.25) is 0 Å². The van der Waals surface area contributed by atoms with Crippen molar-refractivity contribution in [2.75, 3.05) is 6.61 Å². The average molecular weight is 590 g/mol. The first-order chi connectivity index (χ1) is 18.8. The summed E-state index contributed by atoms with van der Waals surface area (Å²) in [5.41, 5.74) is -0.0334. The van der Waals surface area contributed by atoms with E-state index in [0.29, 0.717) is 11.1 Å². The van der Waals surface area contributed by atoms with Crippen molar-refractivity contribution in [1.82, 2.24) is 9.78 Å². The molecule has 210 valence electrons. The molecule has 5 rings (SSSR count). The molecule has 1 aliphatic heterocycles. The highest BCUT2D eigenvalue weighted by Gasteiger charge is 2.35. The number of nitrogens with zero attached hydrogens (tertiary/aromatic N) is 2. The van der Waals surface area contributed by atoms with Crippen LogP contribution in [0.1, 0.15) is 29.0 Å². The molecule has 40 heavy (non-hydrogen) atoms. The fourth-order valence-electron chi connectivity index (χ4n) is 4.29. The Balaban J connectivity index is 1.55. The normalized spacial score (nSPS) is 15.4. The summed E-state index contributed by atoms with van der Waals surface area (Å²) < 4.78 is 145. The summed E-state index contributed by atoms with van der Waals surface area (Å²) in [5.74, 6) is -14.9. The third-order valence-electron chi connectivity index (χ3n) is 6.16. The summed E-state index contributed by atoms with van der Waals surface area (Å²) in [4.78, 5) is -0.740. The number of fused-ring (bicyclic) bond motifs is 1. The molecule has 3 aromatic carbocycles. The van der Waals surface area contributed by atoms with Gasteiger partial charge >= 0.3 is 16.3 Å². The fourth-order valence-corrected chi connectivity index (χ4v) is 5.24. The lowest BCUT2D eigenvalue weighted by molar-refractivity contribution is -0.137. The summed E-state index contributed by atoms with van der Waals surface area (Å²) in [6, 6.07) is 7.72. The van der Waals surface area contributed by atoms with Gasteiger partial charge in [0.2, 0.25) is 34.8 Å². The van der Waals surface area contributed by atoms with Gasteiger partial charge < -0.3 is 8.92 Å². The Bertz CT molecular complexity index is 1690. The Kier molecular flexibility index (Phi) is 6.72. The molecule has 1 unspecified atom stereocenters. The molecule has 0 bridgehead atoms. The van der Waals surface area contributed by atoms with Gasteiger partial charge in [-0.05, 0) is 36.2 Å². The lowest BCUT2D eigenvalue weighted by Gasteiger charge is -2.28. The van der Waals surface area contributed by atoms with Gasteiger partial charge in [-0.1, -0.05) is 12.1 Å². The second-order valence-electron chi connectivity index (χ2n) is 8.55. The minimum atomic E-state index is -5.14. The zero-order valence-corrected chi connectivity index (χ0v) is 20.5. The van der Waals surface area contributed by atoms with Crippen molar-refractivity contribution in [3.05, 3.63) is 101 Å². The minimum Gasteiger partial charge on any atom is -0.493 e.